The molecule has 3 heteroatoms. The van der Waals surface area contributed by atoms with Gasteiger partial charge in [-0.2, -0.15) is 5.26 Å². The molecule has 0 fully saturated rings. The van der Waals surface area contributed by atoms with Crippen molar-refractivity contribution in [1.29, 1.82) is 5.26 Å². The molecule has 0 aliphatic rings. The van der Waals surface area contributed by atoms with E-state index in [4.69, 9.17) is 16.9 Å². The van der Waals surface area contributed by atoms with Crippen molar-refractivity contribution in [2.45, 2.75) is 5.38 Å². The first-order chi connectivity index (χ1) is 5.25. The number of halogens is 2. The van der Waals surface area contributed by atoms with Gasteiger partial charge in [0.05, 0.1) is 6.07 Å². The molecular weight excluding hydrogens is 165 g/mol. The summed E-state index contributed by atoms with van der Waals surface area (Å²) in [5.74, 6) is -0.436. The van der Waals surface area contributed by atoms with E-state index in [1.165, 1.54) is 12.1 Å². The van der Waals surface area contributed by atoms with Crippen molar-refractivity contribution in [3.63, 3.8) is 0 Å². The van der Waals surface area contributed by atoms with Crippen molar-refractivity contribution < 1.29 is 4.39 Å². The van der Waals surface area contributed by atoms with E-state index in [0.29, 0.717) is 0 Å². The first kappa shape index (κ1) is 8.03. The Morgan fingerprint density at radius 1 is 1.45 bits per heavy atom. The molecule has 0 saturated carbocycles. The Hall–Kier alpha value is -1.07. The van der Waals surface area contributed by atoms with Crippen LogP contribution in [0.2, 0.25) is 0 Å². The zero-order valence-corrected chi connectivity index (χ0v) is 6.35. The van der Waals surface area contributed by atoms with Crippen molar-refractivity contribution in [1.82, 2.24) is 0 Å². The van der Waals surface area contributed by atoms with Gasteiger partial charge in [-0.25, -0.2) is 4.39 Å². The average molecular weight is 170 g/mol. The molecule has 0 aromatic heterocycles. The summed E-state index contributed by atoms with van der Waals surface area (Å²) in [6.45, 7) is 0. The fourth-order valence-electron chi connectivity index (χ4n) is 0.750. The summed E-state index contributed by atoms with van der Waals surface area (Å²) in [7, 11) is 0. The van der Waals surface area contributed by atoms with Crippen LogP contribution in [-0.2, 0) is 0 Å². The Morgan fingerprint density at radius 3 is 2.64 bits per heavy atom. The molecule has 0 radical (unpaired) electrons. The summed E-state index contributed by atoms with van der Waals surface area (Å²) in [6, 6.07) is 7.72. The topological polar surface area (TPSA) is 23.8 Å². The minimum Gasteiger partial charge on any atom is -0.207 e. The zero-order chi connectivity index (χ0) is 8.27. The quantitative estimate of drug-likeness (QED) is 0.593. The molecule has 11 heavy (non-hydrogen) atoms. The monoisotopic (exact) mass is 169 g/mol. The molecule has 56 valence electrons. The second-order valence-electron chi connectivity index (χ2n) is 2.01. The van der Waals surface area contributed by atoms with Gasteiger partial charge in [0, 0.05) is 5.56 Å². The van der Waals surface area contributed by atoms with Crippen LogP contribution in [0.15, 0.2) is 24.3 Å². The fourth-order valence-corrected chi connectivity index (χ4v) is 0.927. The first-order valence-corrected chi connectivity index (χ1v) is 3.47. The van der Waals surface area contributed by atoms with Crippen LogP contribution in [0, 0.1) is 17.1 Å². The molecule has 1 atom stereocenters. The zero-order valence-electron chi connectivity index (χ0n) is 5.59. The third-order valence-electron chi connectivity index (χ3n) is 1.29. The number of alkyl halides is 1. The van der Waals surface area contributed by atoms with Gasteiger partial charge in [0.1, 0.15) is 11.2 Å². The van der Waals surface area contributed by atoms with Crippen molar-refractivity contribution in [3.05, 3.63) is 35.6 Å². The Labute approximate surface area is 69.0 Å². The number of rotatable bonds is 1. The highest BCUT2D eigenvalue weighted by atomic mass is 35.5. The van der Waals surface area contributed by atoms with Gasteiger partial charge in [-0.3, -0.25) is 0 Å². The van der Waals surface area contributed by atoms with Gasteiger partial charge in [-0.15, -0.1) is 11.6 Å². The van der Waals surface area contributed by atoms with Crippen LogP contribution < -0.4 is 0 Å². The normalized spacial score (nSPS) is 12.1. The maximum atomic E-state index is 12.8. The van der Waals surface area contributed by atoms with Crippen molar-refractivity contribution in [3.8, 4) is 6.07 Å². The van der Waals surface area contributed by atoms with Crippen molar-refractivity contribution >= 4 is 11.6 Å². The van der Waals surface area contributed by atoms with E-state index in [1.54, 1.807) is 18.2 Å². The van der Waals surface area contributed by atoms with E-state index in [1.807, 2.05) is 0 Å². The van der Waals surface area contributed by atoms with E-state index < -0.39 is 11.2 Å². The van der Waals surface area contributed by atoms with Crippen LogP contribution in [0.25, 0.3) is 0 Å². The SMILES string of the molecule is N#C[C@@H](Cl)c1ccccc1F. The summed E-state index contributed by atoms with van der Waals surface area (Å²) in [5.41, 5.74) is 0.233. The van der Waals surface area contributed by atoms with Crippen molar-refractivity contribution in [2.24, 2.45) is 0 Å². The van der Waals surface area contributed by atoms with E-state index >= 15 is 0 Å². The minimum atomic E-state index is -0.892. The van der Waals surface area contributed by atoms with Crippen molar-refractivity contribution in [2.75, 3.05) is 0 Å². The van der Waals surface area contributed by atoms with Crippen LogP contribution in [0.4, 0.5) is 4.39 Å². The van der Waals surface area contributed by atoms with Gasteiger partial charge in [0.25, 0.3) is 0 Å². The standard InChI is InChI=1S/C8H5ClFN/c9-7(5-11)6-3-1-2-4-8(6)10/h1-4,7H/t7-/m1/s1. The first-order valence-electron chi connectivity index (χ1n) is 3.04. The van der Waals surface area contributed by atoms with E-state index in [2.05, 4.69) is 0 Å². The van der Waals surface area contributed by atoms with Crippen LogP contribution in [0.5, 0.6) is 0 Å². The largest absolute Gasteiger partial charge is 0.207 e. The summed E-state index contributed by atoms with van der Waals surface area (Å²) < 4.78 is 12.8. The molecule has 1 aromatic rings. The Morgan fingerprint density at radius 2 is 2.09 bits per heavy atom. The van der Waals surface area contributed by atoms with Gasteiger partial charge in [0.2, 0.25) is 0 Å². The predicted molar refractivity (Wildman–Crippen MR) is 40.6 cm³/mol. The average Bonchev–Trinajstić information content (AvgIpc) is 2.04. The highest BCUT2D eigenvalue weighted by Crippen LogP contribution is 2.21. The van der Waals surface area contributed by atoms with Gasteiger partial charge in [-0.1, -0.05) is 18.2 Å². The molecule has 0 aliphatic carbocycles. The molecule has 0 spiro atoms. The third-order valence-corrected chi connectivity index (χ3v) is 1.62. The summed E-state index contributed by atoms with van der Waals surface area (Å²) in [4.78, 5) is 0. The van der Waals surface area contributed by atoms with Gasteiger partial charge in [-0.05, 0) is 6.07 Å². The fraction of sp³-hybridized carbons (Fsp3) is 0.125. The smallest absolute Gasteiger partial charge is 0.148 e. The molecule has 0 unspecified atom stereocenters. The number of hydrogen-bond acceptors (Lipinski definition) is 1. The summed E-state index contributed by atoms with van der Waals surface area (Å²) in [6.07, 6.45) is 0. The van der Waals surface area contributed by atoms with Crippen LogP contribution in [0.1, 0.15) is 10.9 Å². The molecule has 0 amide bonds. The highest BCUT2D eigenvalue weighted by molar-refractivity contribution is 6.22. The maximum Gasteiger partial charge on any atom is 0.148 e. The Bertz CT molecular complexity index is 292. The highest BCUT2D eigenvalue weighted by Gasteiger charge is 2.09. The lowest BCUT2D eigenvalue weighted by Crippen LogP contribution is -1.90. The Balaban J connectivity index is 3.05. The molecule has 0 saturated heterocycles. The van der Waals surface area contributed by atoms with Gasteiger partial charge in [0.15, 0.2) is 0 Å². The molecule has 1 nitrogen and oxygen atoms in total. The molecule has 1 rings (SSSR count). The molecule has 0 bridgehead atoms. The van der Waals surface area contributed by atoms with Crippen LogP contribution in [0.3, 0.4) is 0 Å². The van der Waals surface area contributed by atoms with Gasteiger partial charge >= 0.3 is 0 Å². The summed E-state index contributed by atoms with van der Waals surface area (Å²) in [5, 5.41) is 7.47. The van der Waals surface area contributed by atoms with Gasteiger partial charge < -0.3 is 0 Å². The van der Waals surface area contributed by atoms with Crippen LogP contribution >= 0.6 is 11.6 Å². The Kier molecular flexibility index (Phi) is 2.45. The molecule has 0 heterocycles. The molecule has 0 N–H and O–H groups in total. The minimum absolute atomic E-state index is 0.233. The lowest BCUT2D eigenvalue weighted by atomic mass is 10.1. The molecule has 0 aliphatic heterocycles. The lowest BCUT2D eigenvalue weighted by molar-refractivity contribution is 0.614. The second kappa shape index (κ2) is 3.36. The molecule has 1 aromatic carbocycles. The number of nitrogens with zero attached hydrogens (tertiary/aromatic N) is 1. The number of benzene rings is 1. The van der Waals surface area contributed by atoms with Crippen LogP contribution in [-0.4, -0.2) is 0 Å². The van der Waals surface area contributed by atoms with E-state index in [-0.39, 0.29) is 5.56 Å². The lowest BCUT2D eigenvalue weighted by Gasteiger charge is -2.00. The van der Waals surface area contributed by atoms with E-state index in [9.17, 15) is 4.39 Å². The predicted octanol–water partition coefficient (Wildman–Crippen LogP) is 2.63. The van der Waals surface area contributed by atoms with E-state index in [0.717, 1.165) is 0 Å². The number of hydrogen-bond donors (Lipinski definition) is 0. The summed E-state index contributed by atoms with van der Waals surface area (Å²) >= 11 is 5.49. The second-order valence-corrected chi connectivity index (χ2v) is 2.45. The number of nitriles is 1. The maximum absolute atomic E-state index is 12.8. The third kappa shape index (κ3) is 1.69. The molecular formula is C8H5ClFN.